The number of H-pyrrole nitrogens is 2. The zero-order valence-corrected chi connectivity index (χ0v) is 15.6. The van der Waals surface area contributed by atoms with Crippen LogP contribution < -0.4 is 0 Å². The van der Waals surface area contributed by atoms with Crippen molar-refractivity contribution in [3.63, 3.8) is 0 Å². The van der Waals surface area contributed by atoms with E-state index in [-0.39, 0.29) is 0 Å². The molecule has 5 nitrogen and oxygen atoms in total. The first-order valence-electron chi connectivity index (χ1n) is 9.61. The first kappa shape index (κ1) is 16.0. The van der Waals surface area contributed by atoms with E-state index in [1.165, 1.54) is 16.5 Å². The van der Waals surface area contributed by atoms with Crippen molar-refractivity contribution in [3.8, 4) is 22.6 Å². The number of nitrogens with zero attached hydrogens (tertiary/aromatic N) is 3. The van der Waals surface area contributed by atoms with Crippen molar-refractivity contribution >= 4 is 27.5 Å². The highest BCUT2D eigenvalue weighted by Gasteiger charge is 2.15. The molecule has 4 aromatic heterocycles. The fraction of sp³-hybridized carbons (Fsp3) is 0.0417. The predicted molar refractivity (Wildman–Crippen MR) is 116 cm³/mol. The van der Waals surface area contributed by atoms with Crippen LogP contribution in [0.3, 0.4) is 0 Å². The lowest BCUT2D eigenvalue weighted by atomic mass is 10.0. The van der Waals surface area contributed by atoms with Crippen LogP contribution in [0.15, 0.2) is 79.2 Å². The largest absolute Gasteiger partial charge is 0.353 e. The van der Waals surface area contributed by atoms with Crippen LogP contribution in [0.5, 0.6) is 0 Å². The summed E-state index contributed by atoms with van der Waals surface area (Å²) in [5.74, 6) is 0. The molecule has 0 fully saturated rings. The van der Waals surface area contributed by atoms with Crippen LogP contribution >= 0.6 is 0 Å². The second-order valence-electron chi connectivity index (χ2n) is 7.15. The Labute approximate surface area is 166 Å². The highest BCUT2D eigenvalue weighted by Crippen LogP contribution is 2.34. The average Bonchev–Trinajstić information content (AvgIpc) is 3.52. The molecule has 0 aliphatic heterocycles. The molecular weight excluding hydrogens is 358 g/mol. The van der Waals surface area contributed by atoms with Crippen molar-refractivity contribution in [2.75, 3.05) is 0 Å². The molecule has 0 spiro atoms. The number of pyridine rings is 2. The molecule has 0 saturated heterocycles. The lowest BCUT2D eigenvalue weighted by molar-refractivity contribution is 1.12. The maximum Gasteiger partial charge on any atom is 0.135 e. The van der Waals surface area contributed by atoms with Crippen LogP contribution in [-0.4, -0.2) is 25.1 Å². The Morgan fingerprint density at radius 3 is 2.83 bits per heavy atom. The van der Waals surface area contributed by atoms with Gasteiger partial charge < -0.3 is 4.98 Å². The highest BCUT2D eigenvalue weighted by atomic mass is 15.1. The highest BCUT2D eigenvalue weighted by molar-refractivity contribution is 6.00. The minimum Gasteiger partial charge on any atom is -0.353 e. The molecule has 6 rings (SSSR count). The van der Waals surface area contributed by atoms with Crippen molar-refractivity contribution in [1.82, 2.24) is 25.1 Å². The molecule has 1 aliphatic carbocycles. The molecule has 1 aliphatic rings. The summed E-state index contributed by atoms with van der Waals surface area (Å²) < 4.78 is 0. The van der Waals surface area contributed by atoms with Gasteiger partial charge in [0.1, 0.15) is 11.2 Å². The van der Waals surface area contributed by atoms with E-state index in [0.717, 1.165) is 45.6 Å². The Morgan fingerprint density at radius 2 is 1.97 bits per heavy atom. The number of benzene rings is 1. The molecule has 5 heteroatoms. The summed E-state index contributed by atoms with van der Waals surface area (Å²) in [6.45, 7) is 0. The summed E-state index contributed by atoms with van der Waals surface area (Å²) >= 11 is 0. The first-order valence-corrected chi connectivity index (χ1v) is 9.61. The Kier molecular flexibility index (Phi) is 3.46. The quantitative estimate of drug-likeness (QED) is 0.437. The van der Waals surface area contributed by atoms with Gasteiger partial charge in [-0.05, 0) is 54.0 Å². The molecule has 2 N–H and O–H groups in total. The third-order valence-corrected chi connectivity index (χ3v) is 5.37. The molecule has 0 unspecified atom stereocenters. The maximum absolute atomic E-state index is 4.88. The zero-order chi connectivity index (χ0) is 19.2. The zero-order valence-electron chi connectivity index (χ0n) is 15.6. The van der Waals surface area contributed by atoms with Crippen LogP contribution in [0.4, 0.5) is 0 Å². The minimum atomic E-state index is 0.823. The van der Waals surface area contributed by atoms with Crippen LogP contribution in [-0.2, 0) is 0 Å². The number of nitrogens with one attached hydrogen (secondary N) is 2. The fourth-order valence-electron chi connectivity index (χ4n) is 3.95. The first-order chi connectivity index (χ1) is 14.4. The molecule has 29 heavy (non-hydrogen) atoms. The molecular formula is C24H17N5. The summed E-state index contributed by atoms with van der Waals surface area (Å²) in [4.78, 5) is 12.6. The number of hydrogen-bond donors (Lipinski definition) is 2. The van der Waals surface area contributed by atoms with E-state index >= 15 is 0 Å². The van der Waals surface area contributed by atoms with E-state index in [9.17, 15) is 0 Å². The number of rotatable bonds is 3. The summed E-state index contributed by atoms with van der Waals surface area (Å²) in [6.07, 6.45) is 11.2. The second-order valence-corrected chi connectivity index (χ2v) is 7.15. The van der Waals surface area contributed by atoms with Gasteiger partial charge in [0.05, 0.1) is 16.9 Å². The standard InChI is InChI=1S/C24H17N5/c1-2-6-15(5-1)17-8-3-9-20-18(17)13-22(26-20)24-23-21(28-29-24)11-10-19(27-23)16-7-4-12-25-14-16/h1,3-14,26H,2H2,(H,28,29). The number of aromatic nitrogens is 5. The van der Waals surface area contributed by atoms with Gasteiger partial charge in [-0.25, -0.2) is 4.98 Å². The van der Waals surface area contributed by atoms with Gasteiger partial charge in [0.25, 0.3) is 0 Å². The van der Waals surface area contributed by atoms with E-state index < -0.39 is 0 Å². The molecule has 138 valence electrons. The lowest BCUT2D eigenvalue weighted by Crippen LogP contribution is -1.86. The van der Waals surface area contributed by atoms with Crippen LogP contribution in [0, 0.1) is 0 Å². The number of allylic oxidation sites excluding steroid dienone is 4. The van der Waals surface area contributed by atoms with E-state index in [1.807, 2.05) is 30.5 Å². The van der Waals surface area contributed by atoms with Crippen molar-refractivity contribution in [2.45, 2.75) is 6.42 Å². The van der Waals surface area contributed by atoms with Crippen LogP contribution in [0.2, 0.25) is 0 Å². The van der Waals surface area contributed by atoms with Gasteiger partial charge in [-0.3, -0.25) is 10.1 Å². The number of hydrogen-bond acceptors (Lipinski definition) is 3. The monoisotopic (exact) mass is 375 g/mol. The van der Waals surface area contributed by atoms with Gasteiger partial charge >= 0.3 is 0 Å². The Hall–Kier alpha value is -3.99. The van der Waals surface area contributed by atoms with Gasteiger partial charge in [0, 0.05) is 28.9 Å². The second kappa shape index (κ2) is 6.27. The Bertz CT molecular complexity index is 1420. The SMILES string of the molecule is C1=CC(c2cccc3[nH]c(-c4n[nH]c5ccc(-c6cccnc6)nc45)cc23)=CC1. The molecule has 0 saturated carbocycles. The van der Waals surface area contributed by atoms with E-state index in [4.69, 9.17) is 4.98 Å². The average molecular weight is 375 g/mol. The van der Waals surface area contributed by atoms with E-state index in [0.29, 0.717) is 0 Å². The topological polar surface area (TPSA) is 70.2 Å². The molecule has 0 radical (unpaired) electrons. The van der Waals surface area contributed by atoms with Crippen molar-refractivity contribution < 1.29 is 0 Å². The number of fused-ring (bicyclic) bond motifs is 2. The van der Waals surface area contributed by atoms with Gasteiger partial charge in [0.2, 0.25) is 0 Å². The van der Waals surface area contributed by atoms with Crippen molar-refractivity contribution in [2.24, 2.45) is 0 Å². The third kappa shape index (κ3) is 2.59. The van der Waals surface area contributed by atoms with Gasteiger partial charge in [-0.1, -0.05) is 30.4 Å². The fourth-order valence-corrected chi connectivity index (χ4v) is 3.95. The van der Waals surface area contributed by atoms with E-state index in [1.54, 1.807) is 6.20 Å². The van der Waals surface area contributed by atoms with Gasteiger partial charge in [-0.2, -0.15) is 5.10 Å². The predicted octanol–water partition coefficient (Wildman–Crippen LogP) is 5.51. The summed E-state index contributed by atoms with van der Waals surface area (Å²) in [6, 6.07) is 16.5. The van der Waals surface area contributed by atoms with Crippen LogP contribution in [0.1, 0.15) is 12.0 Å². The lowest BCUT2D eigenvalue weighted by Gasteiger charge is -2.01. The number of aromatic amines is 2. The van der Waals surface area contributed by atoms with Gasteiger partial charge in [-0.15, -0.1) is 0 Å². The molecule has 0 bridgehead atoms. The van der Waals surface area contributed by atoms with Crippen molar-refractivity contribution in [1.29, 1.82) is 0 Å². The van der Waals surface area contributed by atoms with Crippen LogP contribution in [0.25, 0.3) is 50.2 Å². The third-order valence-electron chi connectivity index (χ3n) is 5.37. The summed E-state index contributed by atoms with van der Waals surface area (Å²) in [7, 11) is 0. The smallest absolute Gasteiger partial charge is 0.135 e. The van der Waals surface area contributed by atoms with E-state index in [2.05, 4.69) is 62.7 Å². The maximum atomic E-state index is 4.88. The molecule has 5 aromatic rings. The van der Waals surface area contributed by atoms with Crippen molar-refractivity contribution in [3.05, 3.63) is 84.7 Å². The molecule has 4 heterocycles. The summed E-state index contributed by atoms with van der Waals surface area (Å²) in [5, 5.41) is 8.86. The molecule has 0 amide bonds. The summed E-state index contributed by atoms with van der Waals surface area (Å²) in [5.41, 5.74) is 9.01. The Balaban J connectivity index is 1.52. The minimum absolute atomic E-state index is 0.823. The van der Waals surface area contributed by atoms with Gasteiger partial charge in [0.15, 0.2) is 0 Å². The normalized spacial score (nSPS) is 13.4. The molecule has 0 atom stereocenters. The molecule has 1 aromatic carbocycles. The Morgan fingerprint density at radius 1 is 0.966 bits per heavy atom.